The minimum absolute atomic E-state index is 1.04. The van der Waals surface area contributed by atoms with Gasteiger partial charge in [-0.2, -0.15) is 0 Å². The molecule has 3 saturated heterocycles. The summed E-state index contributed by atoms with van der Waals surface area (Å²) in [6.07, 6.45) is -25.9. The van der Waals surface area contributed by atoms with E-state index >= 15 is 0 Å². The predicted molar refractivity (Wildman–Crippen MR) is 122 cm³/mol. The molecule has 16 N–H and O–H groups in total. The molecule has 1 unspecified atom stereocenters. The SMILES string of the molecule is C[C@H]1OC(NNC(=O)[C@@]2(O[C@H]3[C@H](O)[C@@H](O)[C@@H](O)O[C@@H]3CO)O[C@@](CO)(C(=O)NN)[C@H](O)[C@H](O)[C@H]2O)[C@H](O)[C@@H](O)[C@H]1O. The van der Waals surface area contributed by atoms with E-state index < -0.39 is 116 Å². The lowest BCUT2D eigenvalue weighted by molar-refractivity contribution is -0.400. The summed E-state index contributed by atoms with van der Waals surface area (Å²) in [5.74, 6) is -1.60. The van der Waals surface area contributed by atoms with Crippen LogP contribution in [0, 0.1) is 0 Å². The summed E-state index contributed by atoms with van der Waals surface area (Å²) in [5, 5.41) is 112. The molecule has 0 aromatic heterocycles. The number of nitrogens with two attached hydrogens (primary N) is 1. The molecule has 3 aliphatic heterocycles. The fraction of sp³-hybridized carbons (Fsp3) is 0.900. The van der Waals surface area contributed by atoms with Crippen LogP contribution in [0.1, 0.15) is 6.92 Å². The Labute approximate surface area is 230 Å². The van der Waals surface area contributed by atoms with Gasteiger partial charge in [0.1, 0.15) is 61.0 Å². The van der Waals surface area contributed by atoms with Crippen LogP contribution in [-0.4, -0.2) is 172 Å². The maximum atomic E-state index is 13.6. The third-order valence-electron chi connectivity index (χ3n) is 7.25. The molecule has 3 rings (SSSR count). The van der Waals surface area contributed by atoms with Gasteiger partial charge in [-0.05, 0) is 6.92 Å². The van der Waals surface area contributed by atoms with Crippen LogP contribution in [0.5, 0.6) is 0 Å². The average Bonchev–Trinajstić information content (AvgIpc) is 2.96. The predicted octanol–water partition coefficient (Wildman–Crippen LogP) is -10.2. The van der Waals surface area contributed by atoms with Crippen molar-refractivity contribution >= 4 is 11.8 Å². The second-order valence-corrected chi connectivity index (χ2v) is 9.81. The Morgan fingerprint density at radius 1 is 0.829 bits per heavy atom. The normalized spacial score (nSPS) is 48.9. The second-order valence-electron chi connectivity index (χ2n) is 9.81. The number of carbonyl (C=O) groups is 2. The highest BCUT2D eigenvalue weighted by molar-refractivity contribution is 5.89. The largest absolute Gasteiger partial charge is 0.394 e. The zero-order valence-corrected chi connectivity index (χ0v) is 21.4. The van der Waals surface area contributed by atoms with Crippen LogP contribution in [0.2, 0.25) is 0 Å². The molecule has 2 amide bonds. The molecule has 0 aromatic rings. The van der Waals surface area contributed by atoms with Crippen LogP contribution in [0.25, 0.3) is 0 Å². The molecule has 21 nitrogen and oxygen atoms in total. The summed E-state index contributed by atoms with van der Waals surface area (Å²) in [6.45, 7) is -1.24. The average molecular weight is 605 g/mol. The van der Waals surface area contributed by atoms with Crippen molar-refractivity contribution in [3.63, 3.8) is 0 Å². The van der Waals surface area contributed by atoms with Gasteiger partial charge in [0.05, 0.1) is 19.3 Å². The van der Waals surface area contributed by atoms with Gasteiger partial charge >= 0.3 is 0 Å². The molecule has 3 aliphatic rings. The number of ether oxygens (including phenoxy) is 4. The van der Waals surface area contributed by atoms with Gasteiger partial charge in [-0.3, -0.25) is 20.4 Å². The maximum absolute atomic E-state index is 13.6. The molecule has 41 heavy (non-hydrogen) atoms. The first kappa shape index (κ1) is 33.8. The number of carbonyl (C=O) groups excluding carboxylic acids is 2. The summed E-state index contributed by atoms with van der Waals surface area (Å²) < 4.78 is 21.1. The first-order chi connectivity index (χ1) is 19.1. The van der Waals surface area contributed by atoms with Crippen LogP contribution in [0.3, 0.4) is 0 Å². The van der Waals surface area contributed by atoms with E-state index in [4.69, 9.17) is 24.8 Å². The zero-order chi connectivity index (χ0) is 31.0. The molecular formula is C20H36N4O17. The van der Waals surface area contributed by atoms with E-state index in [1.165, 1.54) is 6.92 Å². The standard InChI is InChI=1S/C20H36N4O17/c1-4-6(27)7(28)9(30)15(38-4)23-24-18(37)20(40-12-5(2-25)39-16(35)10(31)8(12)29)14(34)11(32)13(33)19(3-26,41-20)17(36)22-21/h4-16,23,25-35H,2-3,21H2,1H3,(H,22,36)(H,24,37)/t4-,5-,6+,7+,8-,9-,10-,11+,12-,13-,14-,15?,16+,19-,20+/m1/s1. The van der Waals surface area contributed by atoms with Gasteiger partial charge in [-0.25, -0.2) is 11.3 Å². The number of hydrogen-bond donors (Lipinski definition) is 15. The number of aliphatic hydroxyl groups excluding tert-OH is 11. The summed E-state index contributed by atoms with van der Waals surface area (Å²) in [6, 6.07) is 0. The third-order valence-corrected chi connectivity index (χ3v) is 7.25. The van der Waals surface area contributed by atoms with Crippen LogP contribution in [-0.2, 0) is 28.5 Å². The number of nitrogens with one attached hydrogen (secondary N) is 3. The quantitative estimate of drug-likeness (QED) is 0.0694. The highest BCUT2D eigenvalue weighted by atomic mass is 16.8. The van der Waals surface area contributed by atoms with Gasteiger partial charge in [0.2, 0.25) is 5.60 Å². The van der Waals surface area contributed by atoms with E-state index in [1.54, 1.807) is 5.43 Å². The van der Waals surface area contributed by atoms with Crippen molar-refractivity contribution in [2.45, 2.75) is 98.0 Å². The summed E-state index contributed by atoms with van der Waals surface area (Å²) >= 11 is 0. The van der Waals surface area contributed by atoms with Gasteiger partial charge in [0.25, 0.3) is 17.6 Å². The van der Waals surface area contributed by atoms with Crippen molar-refractivity contribution in [2.75, 3.05) is 13.2 Å². The first-order valence-corrected chi connectivity index (χ1v) is 12.2. The molecule has 21 heteroatoms. The Kier molecular flexibility index (Phi) is 10.6. The lowest BCUT2D eigenvalue weighted by Crippen LogP contribution is -2.80. The van der Waals surface area contributed by atoms with Crippen molar-refractivity contribution in [3.8, 4) is 0 Å². The van der Waals surface area contributed by atoms with Crippen molar-refractivity contribution in [1.82, 2.24) is 16.3 Å². The highest BCUT2D eigenvalue weighted by Gasteiger charge is 2.69. The van der Waals surface area contributed by atoms with E-state index in [2.05, 4.69) is 5.43 Å². The molecular weight excluding hydrogens is 568 g/mol. The molecule has 0 saturated carbocycles. The molecule has 3 heterocycles. The molecule has 0 bridgehead atoms. The second kappa shape index (κ2) is 12.9. The van der Waals surface area contributed by atoms with Gasteiger partial charge in [0.15, 0.2) is 12.5 Å². The number of amides is 2. The molecule has 0 aromatic carbocycles. The molecule has 0 spiro atoms. The third kappa shape index (κ3) is 5.78. The number of rotatable bonds is 8. The summed E-state index contributed by atoms with van der Waals surface area (Å²) in [7, 11) is 0. The minimum atomic E-state index is -3.46. The van der Waals surface area contributed by atoms with Crippen LogP contribution >= 0.6 is 0 Å². The van der Waals surface area contributed by atoms with Crippen molar-refractivity contribution < 1.29 is 84.7 Å². The molecule has 3 fully saturated rings. The van der Waals surface area contributed by atoms with E-state index in [0.29, 0.717) is 0 Å². The molecule has 0 aliphatic carbocycles. The zero-order valence-electron chi connectivity index (χ0n) is 21.4. The topological polar surface area (TPSA) is 356 Å². The van der Waals surface area contributed by atoms with E-state index in [-0.39, 0.29) is 0 Å². The van der Waals surface area contributed by atoms with E-state index in [1.807, 2.05) is 5.43 Å². The lowest BCUT2D eigenvalue weighted by Gasteiger charge is -2.53. The van der Waals surface area contributed by atoms with Crippen molar-refractivity contribution in [1.29, 1.82) is 0 Å². The Morgan fingerprint density at radius 2 is 1.46 bits per heavy atom. The molecule has 238 valence electrons. The Hall–Kier alpha value is -1.74. The smallest absolute Gasteiger partial charge is 0.297 e. The van der Waals surface area contributed by atoms with Crippen LogP contribution in [0.15, 0.2) is 0 Å². The number of hydrogen-bond acceptors (Lipinski definition) is 19. The van der Waals surface area contributed by atoms with Gasteiger partial charge in [-0.1, -0.05) is 0 Å². The van der Waals surface area contributed by atoms with Crippen molar-refractivity contribution in [2.24, 2.45) is 5.84 Å². The summed E-state index contributed by atoms with van der Waals surface area (Å²) in [4.78, 5) is 26.3. The Bertz CT molecular complexity index is 934. The van der Waals surface area contributed by atoms with E-state index in [9.17, 15) is 65.8 Å². The van der Waals surface area contributed by atoms with Gasteiger partial charge in [0, 0.05) is 0 Å². The Morgan fingerprint density at radius 3 is 2.02 bits per heavy atom. The summed E-state index contributed by atoms with van der Waals surface area (Å²) in [5.41, 5.74) is 2.50. The van der Waals surface area contributed by atoms with Crippen molar-refractivity contribution in [3.05, 3.63) is 0 Å². The van der Waals surface area contributed by atoms with Gasteiger partial charge in [-0.15, -0.1) is 0 Å². The highest BCUT2D eigenvalue weighted by Crippen LogP contribution is 2.40. The number of hydrazine groups is 2. The fourth-order valence-electron chi connectivity index (χ4n) is 4.70. The van der Waals surface area contributed by atoms with Crippen LogP contribution < -0.4 is 22.1 Å². The monoisotopic (exact) mass is 604 g/mol. The maximum Gasteiger partial charge on any atom is 0.297 e. The van der Waals surface area contributed by atoms with E-state index in [0.717, 1.165) is 0 Å². The lowest BCUT2D eigenvalue weighted by atomic mass is 9.82. The molecule has 0 radical (unpaired) electrons. The number of aliphatic hydroxyl groups is 11. The van der Waals surface area contributed by atoms with Crippen LogP contribution in [0.4, 0.5) is 0 Å². The van der Waals surface area contributed by atoms with Gasteiger partial charge < -0.3 is 75.1 Å². The minimum Gasteiger partial charge on any atom is -0.394 e. The Balaban J connectivity index is 2.05. The molecule has 15 atom stereocenters. The fourth-order valence-corrected chi connectivity index (χ4v) is 4.70. The first-order valence-electron chi connectivity index (χ1n) is 12.2.